The molecule has 0 aliphatic heterocycles. The fourth-order valence-electron chi connectivity index (χ4n) is 2.36. The van der Waals surface area contributed by atoms with Crippen molar-refractivity contribution in [3.63, 3.8) is 0 Å². The first-order chi connectivity index (χ1) is 11.7. The molecule has 1 amide bonds. The monoisotopic (exact) mass is 381 g/mol. The number of hydrogen-bond acceptors (Lipinski definition) is 3. The number of carbonyl (C=O) groups excluding carboxylic acids is 1. The van der Waals surface area contributed by atoms with Crippen LogP contribution in [-0.4, -0.2) is 18.7 Å². The Morgan fingerprint density at radius 1 is 1.04 bits per heavy atom. The molecule has 4 nitrogen and oxygen atoms in total. The van der Waals surface area contributed by atoms with E-state index in [0.29, 0.717) is 0 Å². The van der Waals surface area contributed by atoms with Crippen LogP contribution in [-0.2, 0) is 4.79 Å². The van der Waals surface area contributed by atoms with Gasteiger partial charge in [0.2, 0.25) is 0 Å². The van der Waals surface area contributed by atoms with Crippen LogP contribution in [0.2, 0.25) is 0 Å². The van der Waals surface area contributed by atoms with Gasteiger partial charge in [-0.2, -0.15) is 5.10 Å². The van der Waals surface area contributed by atoms with Crippen molar-refractivity contribution in [1.82, 2.24) is 5.43 Å². The molecule has 0 bridgehead atoms. The summed E-state index contributed by atoms with van der Waals surface area (Å²) in [6.45, 7) is 0.157. The summed E-state index contributed by atoms with van der Waals surface area (Å²) < 4.78 is 0.968. The van der Waals surface area contributed by atoms with Gasteiger partial charge in [-0.25, -0.2) is 5.43 Å². The number of amides is 1. The summed E-state index contributed by atoms with van der Waals surface area (Å²) in [4.78, 5) is 11.9. The summed E-state index contributed by atoms with van der Waals surface area (Å²) in [6, 6.07) is 21.7. The van der Waals surface area contributed by atoms with Crippen molar-refractivity contribution in [2.24, 2.45) is 5.10 Å². The molecule has 0 unspecified atom stereocenters. The molecule has 2 N–H and O–H groups in total. The molecular formula is C19H16BrN3O. The Balaban J connectivity index is 1.57. The number of halogens is 1. The molecule has 24 heavy (non-hydrogen) atoms. The summed E-state index contributed by atoms with van der Waals surface area (Å²) in [5.41, 5.74) is 4.36. The Hall–Kier alpha value is -2.66. The normalized spacial score (nSPS) is 10.9. The summed E-state index contributed by atoms with van der Waals surface area (Å²) in [5.74, 6) is -0.200. The van der Waals surface area contributed by atoms with Crippen molar-refractivity contribution in [2.45, 2.75) is 0 Å². The van der Waals surface area contributed by atoms with E-state index in [0.717, 1.165) is 26.5 Å². The molecule has 0 saturated carbocycles. The SMILES string of the molecule is O=C(CNc1cccc2ccccc12)N/N=C\c1cccc(Br)c1. The maximum atomic E-state index is 11.9. The number of rotatable bonds is 5. The molecule has 3 aromatic rings. The van der Waals surface area contributed by atoms with Gasteiger partial charge in [-0.1, -0.05) is 64.5 Å². The molecule has 5 heteroatoms. The summed E-state index contributed by atoms with van der Waals surface area (Å²) in [5, 5.41) is 9.35. The fraction of sp³-hybridized carbons (Fsp3) is 0.0526. The molecule has 120 valence electrons. The summed E-state index contributed by atoms with van der Waals surface area (Å²) in [7, 11) is 0. The number of anilines is 1. The average Bonchev–Trinajstić information content (AvgIpc) is 2.60. The van der Waals surface area contributed by atoms with Crippen molar-refractivity contribution < 1.29 is 4.79 Å². The molecule has 3 rings (SSSR count). The van der Waals surface area contributed by atoms with E-state index in [-0.39, 0.29) is 12.5 Å². The lowest BCUT2D eigenvalue weighted by molar-refractivity contribution is -0.119. The molecular weight excluding hydrogens is 366 g/mol. The van der Waals surface area contributed by atoms with Gasteiger partial charge in [-0.05, 0) is 29.1 Å². The number of fused-ring (bicyclic) bond motifs is 1. The Kier molecular flexibility index (Phi) is 5.23. The Morgan fingerprint density at radius 2 is 1.83 bits per heavy atom. The highest BCUT2D eigenvalue weighted by molar-refractivity contribution is 9.10. The van der Waals surface area contributed by atoms with Crippen LogP contribution in [0.5, 0.6) is 0 Å². The van der Waals surface area contributed by atoms with Gasteiger partial charge in [0.1, 0.15) is 0 Å². The van der Waals surface area contributed by atoms with Gasteiger partial charge in [-0.15, -0.1) is 0 Å². The van der Waals surface area contributed by atoms with E-state index in [1.54, 1.807) is 6.21 Å². The van der Waals surface area contributed by atoms with Crippen LogP contribution in [0, 0.1) is 0 Å². The van der Waals surface area contributed by atoms with Crippen LogP contribution >= 0.6 is 15.9 Å². The standard InChI is InChI=1S/C19H16BrN3O/c20-16-8-3-5-14(11-16)12-22-23-19(24)13-21-18-10-4-7-15-6-1-2-9-17(15)18/h1-12,21H,13H2,(H,23,24)/b22-12-. The maximum absolute atomic E-state index is 11.9. The van der Waals surface area contributed by atoms with Gasteiger partial charge in [0.15, 0.2) is 0 Å². The number of hydrogen-bond donors (Lipinski definition) is 2. The van der Waals surface area contributed by atoms with Gasteiger partial charge in [0.05, 0.1) is 12.8 Å². The van der Waals surface area contributed by atoms with Crippen molar-refractivity contribution in [3.05, 3.63) is 76.8 Å². The van der Waals surface area contributed by atoms with Crippen molar-refractivity contribution >= 4 is 44.5 Å². The molecule has 0 aromatic heterocycles. The number of nitrogens with one attached hydrogen (secondary N) is 2. The van der Waals surface area contributed by atoms with E-state index in [1.807, 2.05) is 66.7 Å². The third-order valence-corrected chi connectivity index (χ3v) is 3.97. The Morgan fingerprint density at radius 3 is 2.71 bits per heavy atom. The largest absolute Gasteiger partial charge is 0.376 e. The topological polar surface area (TPSA) is 53.5 Å². The maximum Gasteiger partial charge on any atom is 0.259 e. The predicted octanol–water partition coefficient (Wildman–Crippen LogP) is 4.16. The summed E-state index contributed by atoms with van der Waals surface area (Å²) in [6.07, 6.45) is 1.61. The second-order valence-electron chi connectivity index (χ2n) is 5.23. The Labute approximate surface area is 148 Å². The van der Waals surface area contributed by atoms with E-state index >= 15 is 0 Å². The molecule has 0 spiro atoms. The van der Waals surface area contributed by atoms with Crippen LogP contribution in [0.15, 0.2) is 76.3 Å². The minimum atomic E-state index is -0.200. The lowest BCUT2D eigenvalue weighted by atomic mass is 10.1. The smallest absolute Gasteiger partial charge is 0.259 e. The van der Waals surface area contributed by atoms with Crippen LogP contribution in [0.3, 0.4) is 0 Å². The lowest BCUT2D eigenvalue weighted by Crippen LogP contribution is -2.25. The third kappa shape index (κ3) is 4.20. The Bertz CT molecular complexity index is 887. The molecule has 0 atom stereocenters. The van der Waals surface area contributed by atoms with Crippen molar-refractivity contribution in [2.75, 3.05) is 11.9 Å². The minimum absolute atomic E-state index is 0.157. The average molecular weight is 382 g/mol. The highest BCUT2D eigenvalue weighted by Gasteiger charge is 2.03. The molecule has 0 fully saturated rings. The number of hydrazone groups is 1. The number of benzene rings is 3. The highest BCUT2D eigenvalue weighted by Crippen LogP contribution is 2.22. The minimum Gasteiger partial charge on any atom is -0.376 e. The zero-order chi connectivity index (χ0) is 16.8. The van der Waals surface area contributed by atoms with E-state index in [9.17, 15) is 4.79 Å². The molecule has 3 aromatic carbocycles. The fourth-order valence-corrected chi connectivity index (χ4v) is 2.78. The first-order valence-corrected chi connectivity index (χ1v) is 8.31. The van der Waals surface area contributed by atoms with Gasteiger partial charge < -0.3 is 5.32 Å². The van der Waals surface area contributed by atoms with E-state index in [4.69, 9.17) is 0 Å². The van der Waals surface area contributed by atoms with E-state index < -0.39 is 0 Å². The zero-order valence-corrected chi connectivity index (χ0v) is 14.5. The van der Waals surface area contributed by atoms with Gasteiger partial charge in [0, 0.05) is 15.5 Å². The zero-order valence-electron chi connectivity index (χ0n) is 12.9. The van der Waals surface area contributed by atoms with Crippen LogP contribution < -0.4 is 10.7 Å². The second-order valence-corrected chi connectivity index (χ2v) is 6.14. The van der Waals surface area contributed by atoms with Gasteiger partial charge >= 0.3 is 0 Å². The van der Waals surface area contributed by atoms with Crippen LogP contribution in [0.1, 0.15) is 5.56 Å². The lowest BCUT2D eigenvalue weighted by Gasteiger charge is -2.08. The predicted molar refractivity (Wildman–Crippen MR) is 102 cm³/mol. The molecule has 0 radical (unpaired) electrons. The molecule has 0 aliphatic rings. The number of nitrogens with zero attached hydrogens (tertiary/aromatic N) is 1. The van der Waals surface area contributed by atoms with E-state index in [1.165, 1.54) is 0 Å². The van der Waals surface area contributed by atoms with Gasteiger partial charge in [-0.3, -0.25) is 4.79 Å². The molecule has 0 aliphatic carbocycles. The van der Waals surface area contributed by atoms with Crippen LogP contribution in [0.25, 0.3) is 10.8 Å². The third-order valence-electron chi connectivity index (χ3n) is 3.48. The molecule has 0 heterocycles. The molecule has 0 saturated heterocycles. The van der Waals surface area contributed by atoms with E-state index in [2.05, 4.69) is 31.8 Å². The highest BCUT2D eigenvalue weighted by atomic mass is 79.9. The quantitative estimate of drug-likeness (QED) is 0.514. The van der Waals surface area contributed by atoms with Crippen molar-refractivity contribution in [1.29, 1.82) is 0 Å². The van der Waals surface area contributed by atoms with Crippen LogP contribution in [0.4, 0.5) is 5.69 Å². The first kappa shape index (κ1) is 16.2. The first-order valence-electron chi connectivity index (χ1n) is 7.51. The van der Waals surface area contributed by atoms with Gasteiger partial charge in [0.25, 0.3) is 5.91 Å². The van der Waals surface area contributed by atoms with Crippen molar-refractivity contribution in [3.8, 4) is 0 Å². The second kappa shape index (κ2) is 7.75. The number of carbonyl (C=O) groups is 1. The summed E-state index contributed by atoms with van der Waals surface area (Å²) >= 11 is 3.39.